The van der Waals surface area contributed by atoms with E-state index in [1.807, 2.05) is 0 Å². The first-order chi connectivity index (χ1) is 12.8. The van der Waals surface area contributed by atoms with Crippen molar-refractivity contribution in [3.8, 4) is 0 Å². The summed E-state index contributed by atoms with van der Waals surface area (Å²) in [6.45, 7) is 9.74. The number of hydrogen-bond acceptors (Lipinski definition) is 2. The summed E-state index contributed by atoms with van der Waals surface area (Å²) in [6.07, 6.45) is 0. The van der Waals surface area contributed by atoms with Crippen LogP contribution in [0.2, 0.25) is 0 Å². The van der Waals surface area contributed by atoms with E-state index >= 15 is 0 Å². The minimum atomic E-state index is -0.290. The molecule has 3 rings (SSSR count). The molecule has 1 heterocycles. The van der Waals surface area contributed by atoms with E-state index in [4.69, 9.17) is 0 Å². The molecular weight excluding hydrogens is 341 g/mol. The van der Waals surface area contributed by atoms with Gasteiger partial charge >= 0.3 is 6.03 Å². The quantitative estimate of drug-likeness (QED) is 0.882. The number of anilines is 1. The summed E-state index contributed by atoms with van der Waals surface area (Å²) in [5.74, 6) is -0.290. The van der Waals surface area contributed by atoms with Gasteiger partial charge in [-0.05, 0) is 29.2 Å². The predicted molar refractivity (Wildman–Crippen MR) is 108 cm³/mol. The molecule has 2 amide bonds. The lowest BCUT2D eigenvalue weighted by Gasteiger charge is -2.36. The van der Waals surface area contributed by atoms with Crippen molar-refractivity contribution in [3.63, 3.8) is 0 Å². The second kappa shape index (κ2) is 7.99. The normalized spacial score (nSPS) is 15.0. The monoisotopic (exact) mass is 369 g/mol. The Kier molecular flexibility index (Phi) is 5.68. The summed E-state index contributed by atoms with van der Waals surface area (Å²) in [5, 5.41) is 2.82. The molecule has 144 valence electrons. The van der Waals surface area contributed by atoms with Crippen molar-refractivity contribution in [1.29, 1.82) is 0 Å². The highest BCUT2D eigenvalue weighted by Gasteiger charge is 2.22. The maximum Gasteiger partial charge on any atom is 0.317 e. The number of rotatable bonds is 3. The molecule has 0 spiro atoms. The highest BCUT2D eigenvalue weighted by atomic mass is 19.1. The van der Waals surface area contributed by atoms with Crippen molar-refractivity contribution in [3.05, 3.63) is 65.5 Å². The van der Waals surface area contributed by atoms with Gasteiger partial charge in [0.15, 0.2) is 0 Å². The molecule has 1 aliphatic rings. The van der Waals surface area contributed by atoms with Crippen LogP contribution < -0.4 is 10.2 Å². The molecule has 2 aromatic rings. The van der Waals surface area contributed by atoms with Gasteiger partial charge in [0.25, 0.3) is 0 Å². The zero-order valence-corrected chi connectivity index (χ0v) is 16.3. The summed E-state index contributed by atoms with van der Waals surface area (Å²) in [7, 11) is 0. The molecule has 0 aromatic heterocycles. The van der Waals surface area contributed by atoms with Crippen LogP contribution in [0.3, 0.4) is 0 Å². The summed E-state index contributed by atoms with van der Waals surface area (Å²) in [5.41, 5.74) is 3.16. The van der Waals surface area contributed by atoms with Crippen LogP contribution in [-0.2, 0) is 12.0 Å². The first kappa shape index (κ1) is 19.2. The van der Waals surface area contributed by atoms with E-state index in [2.05, 4.69) is 55.3 Å². The Morgan fingerprint density at radius 1 is 1.00 bits per heavy atom. The first-order valence-corrected chi connectivity index (χ1v) is 9.46. The highest BCUT2D eigenvalue weighted by Crippen LogP contribution is 2.25. The van der Waals surface area contributed by atoms with E-state index in [1.165, 1.54) is 17.3 Å². The highest BCUT2D eigenvalue weighted by molar-refractivity contribution is 5.74. The Bertz CT molecular complexity index is 775. The minimum Gasteiger partial charge on any atom is -0.368 e. The lowest BCUT2D eigenvalue weighted by atomic mass is 9.87. The van der Waals surface area contributed by atoms with E-state index in [1.54, 1.807) is 23.1 Å². The second-order valence-electron chi connectivity index (χ2n) is 8.02. The van der Waals surface area contributed by atoms with E-state index in [-0.39, 0.29) is 23.8 Å². The molecule has 1 saturated heterocycles. The zero-order valence-electron chi connectivity index (χ0n) is 16.3. The van der Waals surface area contributed by atoms with Crippen molar-refractivity contribution in [2.75, 3.05) is 31.1 Å². The van der Waals surface area contributed by atoms with Gasteiger partial charge in [-0.15, -0.1) is 0 Å². The predicted octanol–water partition coefficient (Wildman–Crippen LogP) is 4.16. The number of benzene rings is 2. The molecule has 0 aliphatic carbocycles. The van der Waals surface area contributed by atoms with Gasteiger partial charge in [0.2, 0.25) is 0 Å². The molecule has 5 heteroatoms. The summed E-state index contributed by atoms with van der Waals surface area (Å²) >= 11 is 0. The van der Waals surface area contributed by atoms with E-state index in [0.29, 0.717) is 18.7 Å². The molecule has 27 heavy (non-hydrogen) atoms. The van der Waals surface area contributed by atoms with Gasteiger partial charge in [0, 0.05) is 44.0 Å². The lowest BCUT2D eigenvalue weighted by molar-refractivity contribution is 0.194. The van der Waals surface area contributed by atoms with Crippen molar-refractivity contribution in [2.24, 2.45) is 0 Å². The number of carbonyl (C=O) groups is 1. The molecule has 0 atom stereocenters. The van der Waals surface area contributed by atoms with Gasteiger partial charge in [0.1, 0.15) is 5.82 Å². The second-order valence-corrected chi connectivity index (χ2v) is 8.02. The van der Waals surface area contributed by atoms with Crippen LogP contribution in [0.25, 0.3) is 0 Å². The third kappa shape index (κ3) is 4.79. The van der Waals surface area contributed by atoms with Gasteiger partial charge in [-0.1, -0.05) is 51.1 Å². The van der Waals surface area contributed by atoms with E-state index < -0.39 is 0 Å². The molecule has 1 aliphatic heterocycles. The van der Waals surface area contributed by atoms with Crippen molar-refractivity contribution >= 4 is 11.7 Å². The Balaban J connectivity index is 1.51. The number of nitrogens with zero attached hydrogens (tertiary/aromatic N) is 2. The zero-order chi connectivity index (χ0) is 19.4. The van der Waals surface area contributed by atoms with Gasteiger partial charge in [-0.3, -0.25) is 0 Å². The first-order valence-electron chi connectivity index (χ1n) is 9.46. The molecule has 1 fully saturated rings. The van der Waals surface area contributed by atoms with E-state index in [9.17, 15) is 9.18 Å². The number of urea groups is 1. The third-order valence-corrected chi connectivity index (χ3v) is 5.05. The standard InChI is InChI=1S/C22H28FN3O/c1-22(2,3)18-8-10-19(11-9-18)25-12-14-26(15-13-25)21(27)24-16-17-6-4-5-7-20(17)23/h4-11H,12-16H2,1-3H3,(H,24,27). The average Bonchev–Trinajstić information content (AvgIpc) is 2.67. The fourth-order valence-electron chi connectivity index (χ4n) is 3.26. The van der Waals surface area contributed by atoms with Crippen LogP contribution in [0.5, 0.6) is 0 Å². The number of amides is 2. The largest absolute Gasteiger partial charge is 0.368 e. The summed E-state index contributed by atoms with van der Waals surface area (Å²) in [4.78, 5) is 16.4. The Morgan fingerprint density at radius 2 is 1.63 bits per heavy atom. The molecule has 0 unspecified atom stereocenters. The molecule has 0 bridgehead atoms. The number of carbonyl (C=O) groups excluding carboxylic acids is 1. The lowest BCUT2D eigenvalue weighted by Crippen LogP contribution is -2.51. The van der Waals surface area contributed by atoms with E-state index in [0.717, 1.165) is 13.1 Å². The van der Waals surface area contributed by atoms with Crippen LogP contribution in [0.1, 0.15) is 31.9 Å². The Morgan fingerprint density at radius 3 is 2.22 bits per heavy atom. The van der Waals surface area contributed by atoms with Crippen molar-refractivity contribution in [1.82, 2.24) is 10.2 Å². The Hall–Kier alpha value is -2.56. The minimum absolute atomic E-state index is 0.138. The van der Waals surface area contributed by atoms with Crippen LogP contribution in [0, 0.1) is 5.82 Å². The van der Waals surface area contributed by atoms with Crippen molar-refractivity contribution < 1.29 is 9.18 Å². The number of halogens is 1. The molecule has 0 saturated carbocycles. The number of nitrogens with one attached hydrogen (secondary N) is 1. The molecule has 1 N–H and O–H groups in total. The van der Waals surface area contributed by atoms with Crippen LogP contribution in [-0.4, -0.2) is 37.1 Å². The molecule has 2 aromatic carbocycles. The van der Waals surface area contributed by atoms with Crippen LogP contribution in [0.4, 0.5) is 14.9 Å². The fraction of sp³-hybridized carbons (Fsp3) is 0.409. The smallest absolute Gasteiger partial charge is 0.317 e. The summed E-state index contributed by atoms with van der Waals surface area (Å²) in [6, 6.07) is 15.1. The Labute approximate surface area is 161 Å². The van der Waals surface area contributed by atoms with Gasteiger partial charge < -0.3 is 15.1 Å². The average molecular weight is 369 g/mol. The van der Waals surface area contributed by atoms with Gasteiger partial charge in [-0.25, -0.2) is 9.18 Å². The van der Waals surface area contributed by atoms with Crippen molar-refractivity contribution in [2.45, 2.75) is 32.7 Å². The SMILES string of the molecule is CC(C)(C)c1ccc(N2CCN(C(=O)NCc3ccccc3F)CC2)cc1. The van der Waals surface area contributed by atoms with Gasteiger partial charge in [0.05, 0.1) is 0 Å². The van der Waals surface area contributed by atoms with Gasteiger partial charge in [-0.2, -0.15) is 0 Å². The maximum absolute atomic E-state index is 13.7. The summed E-state index contributed by atoms with van der Waals surface area (Å²) < 4.78 is 13.7. The van der Waals surface area contributed by atoms with Crippen LogP contribution in [0.15, 0.2) is 48.5 Å². The topological polar surface area (TPSA) is 35.6 Å². The molecule has 0 radical (unpaired) electrons. The molecule has 4 nitrogen and oxygen atoms in total. The number of hydrogen-bond donors (Lipinski definition) is 1. The fourth-order valence-corrected chi connectivity index (χ4v) is 3.26. The molecular formula is C22H28FN3O. The third-order valence-electron chi connectivity index (χ3n) is 5.05. The maximum atomic E-state index is 13.7. The number of piperazine rings is 1. The van der Waals surface area contributed by atoms with Crippen LogP contribution >= 0.6 is 0 Å².